The highest BCUT2D eigenvalue weighted by Gasteiger charge is 2.46. The largest absolute Gasteiger partial charge is 0.506 e. The van der Waals surface area contributed by atoms with E-state index >= 15 is 0 Å². The van der Waals surface area contributed by atoms with Gasteiger partial charge in [-0.1, -0.05) is 73.6 Å². The van der Waals surface area contributed by atoms with Crippen LogP contribution in [-0.2, 0) is 10.2 Å². The molecule has 0 saturated heterocycles. The number of aliphatic hydroxyl groups is 1. The highest BCUT2D eigenvalue weighted by Crippen LogP contribution is 2.46. The molecule has 0 bridgehead atoms. The number of hydrogen-bond acceptors (Lipinski definition) is 4. The maximum atomic E-state index is 13.6. The van der Waals surface area contributed by atoms with Crippen molar-refractivity contribution in [1.82, 2.24) is 0 Å². The van der Waals surface area contributed by atoms with E-state index < -0.39 is 11.4 Å². The Labute approximate surface area is 249 Å². The summed E-state index contributed by atoms with van der Waals surface area (Å²) in [6.45, 7) is 6.93. The number of rotatable bonds is 7. The molecule has 0 spiro atoms. The lowest BCUT2D eigenvalue weighted by Gasteiger charge is -2.23. The molecule has 2 aliphatic heterocycles. The van der Waals surface area contributed by atoms with Gasteiger partial charge in [-0.05, 0) is 60.9 Å². The van der Waals surface area contributed by atoms with Crippen molar-refractivity contribution in [2.45, 2.75) is 43.9 Å². The molecule has 6 heteroatoms. The number of thioether (sulfide) groups is 1. The second kappa shape index (κ2) is 10.8. The summed E-state index contributed by atoms with van der Waals surface area (Å²) in [4.78, 5) is 27.5. The van der Waals surface area contributed by atoms with Crippen molar-refractivity contribution in [3.05, 3.63) is 130 Å². The van der Waals surface area contributed by atoms with Crippen molar-refractivity contribution in [2.75, 3.05) is 6.54 Å². The van der Waals surface area contributed by atoms with Crippen molar-refractivity contribution in [1.29, 1.82) is 0 Å². The number of carbonyl (C=O) groups is 2. The number of hydrogen-bond donors (Lipinski definition) is 2. The summed E-state index contributed by atoms with van der Waals surface area (Å²) in [6.07, 6.45) is 7.60. The van der Waals surface area contributed by atoms with Crippen molar-refractivity contribution >= 4 is 45.4 Å². The number of unbranched alkanes of at least 4 members (excludes halogenated alkanes) is 1. The van der Waals surface area contributed by atoms with Crippen LogP contribution in [0.5, 0.6) is 0 Å². The van der Waals surface area contributed by atoms with E-state index in [2.05, 4.69) is 35.8 Å². The summed E-state index contributed by atoms with van der Waals surface area (Å²) in [6, 6.07) is 23.4. The minimum atomic E-state index is -0.972. The third-order valence-electron chi connectivity index (χ3n) is 8.22. The van der Waals surface area contributed by atoms with E-state index in [0.29, 0.717) is 5.57 Å². The van der Waals surface area contributed by atoms with E-state index in [4.69, 9.17) is 0 Å². The quantitative estimate of drug-likeness (QED) is 0.220. The van der Waals surface area contributed by atoms with Crippen LogP contribution in [0.1, 0.15) is 60.7 Å². The first-order valence-corrected chi connectivity index (χ1v) is 15.0. The van der Waals surface area contributed by atoms with Crippen LogP contribution in [0.25, 0.3) is 10.5 Å². The summed E-state index contributed by atoms with van der Waals surface area (Å²) in [5.74, 6) is -1.19. The maximum absolute atomic E-state index is 13.6. The number of benzene rings is 3. The van der Waals surface area contributed by atoms with Crippen LogP contribution < -0.4 is 0 Å². The lowest BCUT2D eigenvalue weighted by atomic mass is 9.78. The zero-order chi connectivity index (χ0) is 29.6. The Morgan fingerprint density at radius 2 is 1.74 bits per heavy atom. The predicted octanol–water partition coefficient (Wildman–Crippen LogP) is 8.11. The maximum Gasteiger partial charge on any atom is 0.335 e. The lowest BCUT2D eigenvalue weighted by Crippen LogP contribution is -2.31. The fourth-order valence-electron chi connectivity index (χ4n) is 5.85. The number of fused-ring (bicyclic) bond motifs is 2. The van der Waals surface area contributed by atoms with Crippen LogP contribution in [0.4, 0.5) is 5.69 Å². The van der Waals surface area contributed by atoms with Gasteiger partial charge < -0.3 is 10.2 Å². The molecule has 0 atom stereocenters. The molecule has 210 valence electrons. The number of Topliss-reactive ketones (excluding diaryl/α,β-unsaturated/α-hetero) is 1. The topological polar surface area (TPSA) is 77.6 Å². The molecule has 0 aromatic heterocycles. The highest BCUT2D eigenvalue weighted by atomic mass is 32.2. The van der Waals surface area contributed by atoms with Crippen LogP contribution in [-0.4, -0.2) is 38.8 Å². The predicted molar refractivity (Wildman–Crippen MR) is 169 cm³/mol. The van der Waals surface area contributed by atoms with E-state index in [0.717, 1.165) is 62.8 Å². The summed E-state index contributed by atoms with van der Waals surface area (Å²) in [5, 5.41) is 20.8. The molecule has 0 saturated carbocycles. The third-order valence-corrected chi connectivity index (χ3v) is 9.37. The van der Waals surface area contributed by atoms with Gasteiger partial charge in [0.25, 0.3) is 0 Å². The van der Waals surface area contributed by atoms with Gasteiger partial charge in [-0.15, -0.1) is 0 Å². The first-order chi connectivity index (χ1) is 20.2. The summed E-state index contributed by atoms with van der Waals surface area (Å²) in [5.41, 5.74) is 5.97. The number of aliphatic hydroxyl groups excluding tert-OH is 1. The standard InChI is InChI=1S/C36H31NO4S/c1-4-5-17-37-29-16-15-23(35(40)41)19-28(29)36(2,3)32(37)21-27-33(38)26(34(27)39)18-24-20-31(22-11-7-6-8-12-22)42-30-14-10-9-13-25(24)30/h6-16,18-21H,4-5,17H2,1-3H3,(H-,38,39,40,41)/p+1/b24-18+. The number of carbonyl (C=O) groups excluding carboxylic acids is 1. The SMILES string of the molecule is CCCC[N+]1=C(/C=C2\C(=O)C(/C=C3\C=C(c4ccccc4)Sc4ccccc43)=C2O)C(C)(C)c2cc(C(=O)O)ccc21. The van der Waals surface area contributed by atoms with Gasteiger partial charge in [0.05, 0.1) is 22.1 Å². The smallest absolute Gasteiger partial charge is 0.335 e. The zero-order valence-electron chi connectivity index (χ0n) is 23.8. The van der Waals surface area contributed by atoms with Gasteiger partial charge >= 0.3 is 5.97 Å². The van der Waals surface area contributed by atoms with Crippen molar-refractivity contribution in [3.8, 4) is 0 Å². The molecule has 0 radical (unpaired) electrons. The molecule has 2 N–H and O–H groups in total. The van der Waals surface area contributed by atoms with Crippen molar-refractivity contribution < 1.29 is 24.4 Å². The first-order valence-electron chi connectivity index (χ1n) is 14.2. The van der Waals surface area contributed by atoms with Crippen molar-refractivity contribution in [2.24, 2.45) is 0 Å². The molecule has 2 heterocycles. The van der Waals surface area contributed by atoms with Crippen molar-refractivity contribution in [3.63, 3.8) is 0 Å². The van der Waals surface area contributed by atoms with Crippen LogP contribution in [0, 0.1) is 0 Å². The highest BCUT2D eigenvalue weighted by molar-refractivity contribution is 8.08. The molecule has 42 heavy (non-hydrogen) atoms. The van der Waals surface area contributed by atoms with Crippen LogP contribution in [0.3, 0.4) is 0 Å². The Balaban J connectivity index is 1.42. The Bertz CT molecular complexity index is 1800. The van der Waals surface area contributed by atoms with Gasteiger partial charge in [0, 0.05) is 33.9 Å². The Morgan fingerprint density at radius 1 is 1.00 bits per heavy atom. The molecule has 3 aliphatic rings. The third kappa shape index (κ3) is 4.66. The molecule has 6 rings (SSSR count). The zero-order valence-corrected chi connectivity index (χ0v) is 24.7. The number of ketones is 1. The number of carboxylic acid groups (broad SMARTS) is 1. The number of carboxylic acids is 1. The molecular formula is C36H32NO4S+. The molecule has 3 aromatic rings. The Hall–Kier alpha value is -4.42. The van der Waals surface area contributed by atoms with E-state index in [9.17, 15) is 19.8 Å². The van der Waals surface area contributed by atoms with Gasteiger partial charge in [0.1, 0.15) is 12.3 Å². The summed E-state index contributed by atoms with van der Waals surface area (Å²) >= 11 is 1.69. The molecule has 0 fully saturated rings. The van der Waals surface area contributed by atoms with Crippen LogP contribution >= 0.6 is 11.8 Å². The fourth-order valence-corrected chi connectivity index (χ4v) is 6.97. The van der Waals surface area contributed by atoms with E-state index in [1.165, 1.54) is 0 Å². The molecule has 5 nitrogen and oxygen atoms in total. The minimum Gasteiger partial charge on any atom is -0.506 e. The molecule has 3 aromatic carbocycles. The molecular weight excluding hydrogens is 542 g/mol. The lowest BCUT2D eigenvalue weighted by molar-refractivity contribution is -0.438. The van der Waals surface area contributed by atoms with Crippen LogP contribution in [0.15, 0.2) is 113 Å². The molecule has 0 unspecified atom stereocenters. The van der Waals surface area contributed by atoms with Gasteiger partial charge in [0.2, 0.25) is 11.5 Å². The van der Waals surface area contributed by atoms with Gasteiger partial charge in [0.15, 0.2) is 5.71 Å². The van der Waals surface area contributed by atoms with Gasteiger partial charge in [-0.3, -0.25) is 4.79 Å². The Kier molecular flexibility index (Phi) is 7.11. The second-order valence-electron chi connectivity index (χ2n) is 11.3. The average Bonchev–Trinajstić information content (AvgIpc) is 3.22. The van der Waals surface area contributed by atoms with E-state index in [-0.39, 0.29) is 22.7 Å². The summed E-state index contributed by atoms with van der Waals surface area (Å²) in [7, 11) is 0. The summed E-state index contributed by atoms with van der Waals surface area (Å²) < 4.78 is 2.16. The normalized spacial score (nSPS) is 19.1. The average molecular weight is 575 g/mol. The monoisotopic (exact) mass is 574 g/mol. The fraction of sp³-hybridized carbons (Fsp3) is 0.194. The van der Waals surface area contributed by atoms with E-state index in [1.807, 2.05) is 56.3 Å². The molecule has 1 aliphatic carbocycles. The first kappa shape index (κ1) is 27.7. The number of allylic oxidation sites excluding steroid dienone is 6. The molecule has 0 amide bonds. The Morgan fingerprint density at radius 3 is 2.45 bits per heavy atom. The number of aromatic carboxylic acids is 1. The second-order valence-corrected chi connectivity index (χ2v) is 12.4. The van der Waals surface area contributed by atoms with Crippen LogP contribution in [0.2, 0.25) is 0 Å². The van der Waals surface area contributed by atoms with E-state index in [1.54, 1.807) is 36.0 Å². The number of nitrogens with zero attached hydrogens (tertiary/aromatic N) is 1. The minimum absolute atomic E-state index is 0.0150. The van der Waals surface area contributed by atoms with Gasteiger partial charge in [-0.2, -0.15) is 4.58 Å². The van der Waals surface area contributed by atoms with Gasteiger partial charge in [-0.25, -0.2) is 4.79 Å².